The maximum Gasteiger partial charge on any atom is 0.335 e. The fraction of sp³-hybridized carbons (Fsp3) is 0.429. The van der Waals surface area contributed by atoms with Gasteiger partial charge in [-0.05, 0) is 43.9 Å². The van der Waals surface area contributed by atoms with Gasteiger partial charge >= 0.3 is 5.97 Å². The maximum absolute atomic E-state index is 11.6. The Kier molecular flexibility index (Phi) is 4.04. The van der Waals surface area contributed by atoms with Crippen molar-refractivity contribution in [1.82, 2.24) is 5.32 Å². The first-order valence-corrected chi connectivity index (χ1v) is 6.32. The summed E-state index contributed by atoms with van der Waals surface area (Å²) in [6.45, 7) is 1.89. The van der Waals surface area contributed by atoms with E-state index in [9.17, 15) is 9.59 Å². The Labute approximate surface area is 111 Å². The van der Waals surface area contributed by atoms with E-state index in [1.165, 1.54) is 25.0 Å². The third kappa shape index (κ3) is 3.98. The highest BCUT2D eigenvalue weighted by atomic mass is 16.5. The van der Waals surface area contributed by atoms with Crippen molar-refractivity contribution in [3.05, 3.63) is 29.8 Å². The zero-order chi connectivity index (χ0) is 13.8. The number of aromatic carboxylic acids is 1. The second-order valence-corrected chi connectivity index (χ2v) is 4.82. The van der Waals surface area contributed by atoms with Crippen LogP contribution in [0.5, 0.6) is 5.75 Å². The van der Waals surface area contributed by atoms with Gasteiger partial charge in [-0.3, -0.25) is 4.79 Å². The lowest BCUT2D eigenvalue weighted by molar-refractivity contribution is -0.123. The normalized spacial score (nSPS) is 15.6. The van der Waals surface area contributed by atoms with Crippen LogP contribution in [0.2, 0.25) is 0 Å². The van der Waals surface area contributed by atoms with Crippen LogP contribution in [0.25, 0.3) is 0 Å². The van der Waals surface area contributed by atoms with Gasteiger partial charge in [0.05, 0.1) is 5.56 Å². The zero-order valence-corrected chi connectivity index (χ0v) is 10.8. The highest BCUT2D eigenvalue weighted by Gasteiger charge is 2.28. The molecule has 1 aliphatic rings. The average Bonchev–Trinajstić information content (AvgIpc) is 3.21. The molecule has 0 radical (unpaired) electrons. The quantitative estimate of drug-likeness (QED) is 0.818. The minimum Gasteiger partial charge on any atom is -0.484 e. The molecule has 0 saturated heterocycles. The van der Waals surface area contributed by atoms with Crippen LogP contribution in [-0.2, 0) is 4.79 Å². The van der Waals surface area contributed by atoms with E-state index in [0.717, 1.165) is 0 Å². The Bertz CT molecular complexity index is 482. The molecule has 0 aliphatic heterocycles. The number of carbonyl (C=O) groups excluding carboxylic acids is 1. The van der Waals surface area contributed by atoms with Crippen molar-refractivity contribution < 1.29 is 19.4 Å². The zero-order valence-electron chi connectivity index (χ0n) is 10.8. The summed E-state index contributed by atoms with van der Waals surface area (Å²) in [6.07, 6.45) is 2.34. The van der Waals surface area contributed by atoms with E-state index >= 15 is 0 Å². The molecule has 1 amide bonds. The summed E-state index contributed by atoms with van der Waals surface area (Å²) in [6, 6.07) is 6.28. The summed E-state index contributed by atoms with van der Waals surface area (Å²) in [5.74, 6) is -0.217. The summed E-state index contributed by atoms with van der Waals surface area (Å²) in [5, 5.41) is 11.7. The standard InChI is InChI=1S/C14H17NO4/c1-9(10-5-6-10)15-13(16)8-19-12-4-2-3-11(7-12)14(17)18/h2-4,7,9-10H,5-6,8H2,1H3,(H,15,16)(H,17,18). The van der Waals surface area contributed by atoms with Crippen LogP contribution in [-0.4, -0.2) is 29.6 Å². The van der Waals surface area contributed by atoms with E-state index in [-0.39, 0.29) is 24.1 Å². The number of amides is 1. The van der Waals surface area contributed by atoms with Crippen molar-refractivity contribution in [2.75, 3.05) is 6.61 Å². The molecule has 0 aromatic heterocycles. The lowest BCUT2D eigenvalue weighted by Gasteiger charge is -2.13. The Morgan fingerprint density at radius 1 is 1.47 bits per heavy atom. The summed E-state index contributed by atoms with van der Waals surface area (Å²) in [7, 11) is 0. The third-order valence-corrected chi connectivity index (χ3v) is 3.17. The van der Waals surface area contributed by atoms with Crippen LogP contribution >= 0.6 is 0 Å². The minimum atomic E-state index is -1.02. The molecule has 0 bridgehead atoms. The number of hydrogen-bond acceptors (Lipinski definition) is 3. The fourth-order valence-corrected chi connectivity index (χ4v) is 1.88. The molecule has 1 saturated carbocycles. The van der Waals surface area contributed by atoms with Crippen LogP contribution in [0.4, 0.5) is 0 Å². The first-order chi connectivity index (χ1) is 9.06. The Hall–Kier alpha value is -2.04. The van der Waals surface area contributed by atoms with E-state index in [4.69, 9.17) is 9.84 Å². The number of ether oxygens (including phenoxy) is 1. The molecule has 19 heavy (non-hydrogen) atoms. The Balaban J connectivity index is 1.82. The molecule has 2 rings (SSSR count). The van der Waals surface area contributed by atoms with Crippen molar-refractivity contribution in [3.8, 4) is 5.75 Å². The molecule has 2 N–H and O–H groups in total. The highest BCUT2D eigenvalue weighted by Crippen LogP contribution is 2.32. The van der Waals surface area contributed by atoms with Crippen LogP contribution in [0.1, 0.15) is 30.1 Å². The molecule has 102 valence electrons. The van der Waals surface area contributed by atoms with Crippen LogP contribution in [0.15, 0.2) is 24.3 Å². The van der Waals surface area contributed by atoms with Crippen molar-refractivity contribution in [1.29, 1.82) is 0 Å². The third-order valence-electron chi connectivity index (χ3n) is 3.17. The Morgan fingerprint density at radius 3 is 2.84 bits per heavy atom. The van der Waals surface area contributed by atoms with Gasteiger partial charge < -0.3 is 15.2 Å². The Morgan fingerprint density at radius 2 is 2.21 bits per heavy atom. The number of rotatable bonds is 6. The number of hydrogen-bond donors (Lipinski definition) is 2. The van der Waals surface area contributed by atoms with E-state index < -0.39 is 5.97 Å². The molecule has 1 aliphatic carbocycles. The number of nitrogens with one attached hydrogen (secondary N) is 1. The molecule has 0 spiro atoms. The number of carboxylic acid groups (broad SMARTS) is 1. The van der Waals surface area contributed by atoms with Gasteiger partial charge in [0, 0.05) is 6.04 Å². The molecule has 1 aromatic rings. The van der Waals surface area contributed by atoms with E-state index in [1.54, 1.807) is 12.1 Å². The minimum absolute atomic E-state index is 0.0971. The van der Waals surface area contributed by atoms with Gasteiger partial charge in [0.1, 0.15) is 5.75 Å². The van der Waals surface area contributed by atoms with Crippen LogP contribution < -0.4 is 10.1 Å². The lowest BCUT2D eigenvalue weighted by atomic mass is 10.2. The van der Waals surface area contributed by atoms with Gasteiger partial charge in [0.2, 0.25) is 0 Å². The summed E-state index contributed by atoms with van der Waals surface area (Å²) >= 11 is 0. The SMILES string of the molecule is CC(NC(=O)COc1cccc(C(=O)O)c1)C1CC1. The fourth-order valence-electron chi connectivity index (χ4n) is 1.88. The monoisotopic (exact) mass is 263 g/mol. The van der Waals surface area contributed by atoms with Crippen molar-refractivity contribution in [3.63, 3.8) is 0 Å². The first kappa shape index (κ1) is 13.4. The predicted octanol–water partition coefficient (Wildman–Crippen LogP) is 1.68. The molecule has 1 atom stereocenters. The highest BCUT2D eigenvalue weighted by molar-refractivity contribution is 5.88. The van der Waals surface area contributed by atoms with E-state index in [0.29, 0.717) is 11.7 Å². The van der Waals surface area contributed by atoms with Gasteiger partial charge in [0.15, 0.2) is 6.61 Å². The molecule has 0 heterocycles. The smallest absolute Gasteiger partial charge is 0.335 e. The van der Waals surface area contributed by atoms with Crippen molar-refractivity contribution in [2.45, 2.75) is 25.8 Å². The van der Waals surface area contributed by atoms with Gasteiger partial charge in [-0.2, -0.15) is 0 Å². The number of carbonyl (C=O) groups is 2. The molecular formula is C14H17NO4. The summed E-state index contributed by atoms with van der Waals surface area (Å²) in [5.41, 5.74) is 0.143. The molecule has 5 nitrogen and oxygen atoms in total. The molecule has 1 aromatic carbocycles. The van der Waals surface area contributed by atoms with Gasteiger partial charge in [-0.25, -0.2) is 4.79 Å². The lowest BCUT2D eigenvalue weighted by Crippen LogP contribution is -2.37. The largest absolute Gasteiger partial charge is 0.484 e. The molecule has 1 unspecified atom stereocenters. The number of benzene rings is 1. The molecule has 5 heteroatoms. The second kappa shape index (κ2) is 5.73. The second-order valence-electron chi connectivity index (χ2n) is 4.82. The van der Waals surface area contributed by atoms with E-state index in [2.05, 4.69) is 5.32 Å². The summed E-state index contributed by atoms with van der Waals surface area (Å²) in [4.78, 5) is 22.4. The van der Waals surface area contributed by atoms with E-state index in [1.807, 2.05) is 6.92 Å². The average molecular weight is 263 g/mol. The van der Waals surface area contributed by atoms with Gasteiger partial charge in [0.25, 0.3) is 5.91 Å². The first-order valence-electron chi connectivity index (χ1n) is 6.32. The van der Waals surface area contributed by atoms with Crippen molar-refractivity contribution in [2.24, 2.45) is 5.92 Å². The maximum atomic E-state index is 11.6. The van der Waals surface area contributed by atoms with Crippen LogP contribution in [0, 0.1) is 5.92 Å². The number of carboxylic acids is 1. The van der Waals surface area contributed by atoms with Crippen molar-refractivity contribution >= 4 is 11.9 Å². The van der Waals surface area contributed by atoms with Gasteiger partial charge in [-0.1, -0.05) is 6.07 Å². The molecule has 1 fully saturated rings. The topological polar surface area (TPSA) is 75.6 Å². The summed E-state index contributed by atoms with van der Waals surface area (Å²) < 4.78 is 5.28. The molecular weight excluding hydrogens is 246 g/mol. The van der Waals surface area contributed by atoms with Gasteiger partial charge in [-0.15, -0.1) is 0 Å². The predicted molar refractivity (Wildman–Crippen MR) is 69.2 cm³/mol. The van der Waals surface area contributed by atoms with Crippen LogP contribution in [0.3, 0.4) is 0 Å².